The fourth-order valence-electron chi connectivity index (χ4n) is 4.33. The smallest absolute Gasteiger partial charge is 0.374 e. The summed E-state index contributed by atoms with van der Waals surface area (Å²) in [5, 5.41) is 14.5. The van der Waals surface area contributed by atoms with Crippen LogP contribution in [0.1, 0.15) is 64.7 Å². The van der Waals surface area contributed by atoms with E-state index in [1.165, 1.54) is 0 Å². The van der Waals surface area contributed by atoms with Crippen LogP contribution in [0.15, 0.2) is 12.2 Å². The predicted molar refractivity (Wildman–Crippen MR) is 118 cm³/mol. The molecule has 31 heavy (non-hydrogen) atoms. The van der Waals surface area contributed by atoms with Gasteiger partial charge in [-0.15, -0.1) is 0 Å². The molecule has 2 fully saturated rings. The second-order valence-electron chi connectivity index (χ2n) is 8.41. The van der Waals surface area contributed by atoms with E-state index in [1.54, 1.807) is 6.08 Å². The number of amides is 1. The summed E-state index contributed by atoms with van der Waals surface area (Å²) < 4.78 is 32.3. The Labute approximate surface area is 188 Å². The van der Waals surface area contributed by atoms with Crippen LogP contribution in [-0.2, 0) is 14.3 Å². The highest BCUT2D eigenvalue weighted by atomic mass is 32.1. The molecule has 1 amide bonds. The molecule has 2 heterocycles. The molecule has 4 atom stereocenters. The minimum absolute atomic E-state index is 0.00504. The molecule has 2 aliphatic rings. The number of halogens is 2. The van der Waals surface area contributed by atoms with Crippen molar-refractivity contribution in [1.29, 1.82) is 0 Å². The molecule has 2 saturated heterocycles. The number of alkyl halides is 2. The number of ether oxygens (including phenoxy) is 1. The SMILES string of the molecule is CCCCCNC(=S)CC(=O)NC[C@H]1[C@@H](CC=CCCC(F)(F)C(=O)O)[C@H]2CC[C@@H]1O2. The minimum Gasteiger partial charge on any atom is -0.477 e. The third-order valence-corrected chi connectivity index (χ3v) is 6.35. The van der Waals surface area contributed by atoms with Crippen molar-refractivity contribution in [2.45, 2.75) is 82.8 Å². The molecule has 0 aromatic heterocycles. The van der Waals surface area contributed by atoms with Crippen LogP contribution in [0.4, 0.5) is 8.78 Å². The second kappa shape index (κ2) is 12.4. The van der Waals surface area contributed by atoms with E-state index in [9.17, 15) is 18.4 Å². The first-order valence-electron chi connectivity index (χ1n) is 11.2. The third-order valence-electron chi connectivity index (χ3n) is 6.06. The van der Waals surface area contributed by atoms with Gasteiger partial charge in [-0.05, 0) is 38.0 Å². The third kappa shape index (κ3) is 8.11. The van der Waals surface area contributed by atoms with E-state index in [2.05, 4.69) is 17.6 Å². The molecule has 9 heteroatoms. The number of thiocarbonyl (C=S) groups is 1. The number of nitrogens with one attached hydrogen (secondary N) is 2. The quantitative estimate of drug-likeness (QED) is 0.207. The molecule has 0 spiro atoms. The van der Waals surface area contributed by atoms with Gasteiger partial charge in [-0.25, -0.2) is 4.79 Å². The maximum atomic E-state index is 13.1. The maximum Gasteiger partial charge on any atom is 0.374 e. The van der Waals surface area contributed by atoms with E-state index >= 15 is 0 Å². The number of aliphatic carboxylic acids is 1. The summed E-state index contributed by atoms with van der Waals surface area (Å²) in [6.45, 7) is 3.42. The van der Waals surface area contributed by atoms with E-state index in [0.717, 1.165) is 38.6 Å². The first kappa shape index (κ1) is 25.6. The number of hydrogen-bond donors (Lipinski definition) is 3. The van der Waals surface area contributed by atoms with Crippen molar-refractivity contribution < 1.29 is 28.2 Å². The normalized spacial score (nSPS) is 25.1. The van der Waals surface area contributed by atoms with Gasteiger partial charge in [0, 0.05) is 25.4 Å². The number of carboxylic acid groups (broad SMARTS) is 1. The zero-order valence-corrected chi connectivity index (χ0v) is 18.9. The Kier molecular flexibility index (Phi) is 10.3. The molecular weight excluding hydrogens is 426 g/mol. The van der Waals surface area contributed by atoms with Crippen LogP contribution in [-0.4, -0.2) is 53.2 Å². The lowest BCUT2D eigenvalue weighted by Crippen LogP contribution is -2.39. The van der Waals surface area contributed by atoms with Crippen molar-refractivity contribution in [3.8, 4) is 0 Å². The maximum absolute atomic E-state index is 13.1. The molecule has 0 radical (unpaired) electrons. The van der Waals surface area contributed by atoms with Gasteiger partial charge < -0.3 is 20.5 Å². The van der Waals surface area contributed by atoms with E-state index in [4.69, 9.17) is 22.1 Å². The number of carboxylic acids is 1. The molecule has 6 nitrogen and oxygen atoms in total. The molecule has 2 bridgehead atoms. The Morgan fingerprint density at radius 2 is 1.87 bits per heavy atom. The first-order valence-corrected chi connectivity index (χ1v) is 11.6. The van der Waals surface area contributed by atoms with Crippen molar-refractivity contribution in [3.63, 3.8) is 0 Å². The monoisotopic (exact) mass is 460 g/mol. The minimum atomic E-state index is -3.70. The number of carbonyl (C=O) groups excluding carboxylic acids is 1. The summed E-state index contributed by atoms with van der Waals surface area (Å²) in [6.07, 6.45) is 9.03. The molecule has 2 rings (SSSR count). The van der Waals surface area contributed by atoms with Crippen molar-refractivity contribution in [2.75, 3.05) is 13.1 Å². The average molecular weight is 461 g/mol. The van der Waals surface area contributed by atoms with Gasteiger partial charge in [-0.1, -0.05) is 44.1 Å². The summed E-state index contributed by atoms with van der Waals surface area (Å²) in [5.41, 5.74) is 0. The number of fused-ring (bicyclic) bond motifs is 2. The van der Waals surface area contributed by atoms with Gasteiger partial charge in [0.1, 0.15) is 0 Å². The number of hydrogen-bond acceptors (Lipinski definition) is 4. The van der Waals surface area contributed by atoms with Crippen LogP contribution < -0.4 is 10.6 Å². The molecule has 0 unspecified atom stereocenters. The van der Waals surface area contributed by atoms with Gasteiger partial charge >= 0.3 is 11.9 Å². The highest BCUT2D eigenvalue weighted by Gasteiger charge is 2.48. The van der Waals surface area contributed by atoms with Crippen LogP contribution in [0, 0.1) is 11.8 Å². The highest BCUT2D eigenvalue weighted by Crippen LogP contribution is 2.44. The van der Waals surface area contributed by atoms with Gasteiger partial charge in [0.15, 0.2) is 0 Å². The van der Waals surface area contributed by atoms with E-state index in [1.807, 2.05) is 6.08 Å². The van der Waals surface area contributed by atoms with Gasteiger partial charge in [0.2, 0.25) is 5.91 Å². The second-order valence-corrected chi connectivity index (χ2v) is 8.90. The largest absolute Gasteiger partial charge is 0.477 e. The molecule has 0 aromatic rings. The topological polar surface area (TPSA) is 87.7 Å². The molecule has 0 aromatic carbocycles. The zero-order valence-electron chi connectivity index (χ0n) is 18.1. The van der Waals surface area contributed by atoms with Crippen LogP contribution >= 0.6 is 12.2 Å². The summed E-state index contributed by atoms with van der Waals surface area (Å²) in [6, 6.07) is 0. The fourth-order valence-corrected chi connectivity index (χ4v) is 4.56. The average Bonchev–Trinajstić information content (AvgIpc) is 3.31. The Morgan fingerprint density at radius 1 is 1.16 bits per heavy atom. The highest BCUT2D eigenvalue weighted by molar-refractivity contribution is 7.80. The van der Waals surface area contributed by atoms with Gasteiger partial charge in [-0.2, -0.15) is 8.78 Å². The molecular formula is C22H34F2N2O4S. The fraction of sp³-hybridized carbons (Fsp3) is 0.773. The Morgan fingerprint density at radius 3 is 2.55 bits per heavy atom. The Bertz CT molecular complexity index is 659. The van der Waals surface area contributed by atoms with Crippen LogP contribution in [0.2, 0.25) is 0 Å². The van der Waals surface area contributed by atoms with Crippen molar-refractivity contribution in [3.05, 3.63) is 12.2 Å². The summed E-state index contributed by atoms with van der Waals surface area (Å²) in [4.78, 5) is 23.3. The summed E-state index contributed by atoms with van der Waals surface area (Å²) >= 11 is 5.23. The molecule has 3 N–H and O–H groups in total. The summed E-state index contributed by atoms with van der Waals surface area (Å²) in [5.74, 6) is -5.50. The van der Waals surface area contributed by atoms with Gasteiger partial charge in [0.05, 0.1) is 23.6 Å². The number of rotatable bonds is 14. The molecule has 0 aliphatic carbocycles. The first-order chi connectivity index (χ1) is 14.7. The predicted octanol–water partition coefficient (Wildman–Crippen LogP) is 3.84. The zero-order chi connectivity index (χ0) is 22.9. The van der Waals surface area contributed by atoms with E-state index in [-0.39, 0.29) is 42.8 Å². The van der Waals surface area contributed by atoms with Crippen molar-refractivity contribution in [2.24, 2.45) is 11.8 Å². The van der Waals surface area contributed by atoms with E-state index < -0.39 is 18.3 Å². The standard InChI is InChI=1S/C22H34F2N2O4S/c1-2-3-7-12-25-20(31)13-19(27)26-14-16-15(17-9-10-18(16)30-17)8-5-4-6-11-22(23,24)21(28)29/h4-5,15-18H,2-3,6-14H2,1H3,(H,25,31)(H,26,27)(H,28,29)/t15-,16+,17-,18+/m1/s1. The molecule has 0 saturated carbocycles. The molecule has 2 aliphatic heterocycles. The van der Waals surface area contributed by atoms with Crippen LogP contribution in [0.3, 0.4) is 0 Å². The molecule has 176 valence electrons. The van der Waals surface area contributed by atoms with Crippen molar-refractivity contribution in [1.82, 2.24) is 10.6 Å². The lowest BCUT2D eigenvalue weighted by Gasteiger charge is -2.27. The lowest BCUT2D eigenvalue weighted by atomic mass is 9.77. The lowest BCUT2D eigenvalue weighted by molar-refractivity contribution is -0.165. The van der Waals surface area contributed by atoms with Crippen LogP contribution in [0.5, 0.6) is 0 Å². The summed E-state index contributed by atoms with van der Waals surface area (Å²) in [7, 11) is 0. The van der Waals surface area contributed by atoms with Crippen molar-refractivity contribution >= 4 is 29.1 Å². The van der Waals surface area contributed by atoms with Gasteiger partial charge in [-0.3, -0.25) is 4.79 Å². The van der Waals surface area contributed by atoms with Gasteiger partial charge in [0.25, 0.3) is 0 Å². The Hall–Kier alpha value is -1.61. The number of carbonyl (C=O) groups is 2. The Balaban J connectivity index is 1.73. The number of unbranched alkanes of at least 4 members (excludes halogenated alkanes) is 2. The number of allylic oxidation sites excluding steroid dienone is 2. The van der Waals surface area contributed by atoms with E-state index in [0.29, 0.717) is 18.0 Å². The van der Waals surface area contributed by atoms with Crippen LogP contribution in [0.25, 0.3) is 0 Å².